The van der Waals surface area contributed by atoms with Crippen LogP contribution in [0, 0.1) is 6.92 Å². The van der Waals surface area contributed by atoms with E-state index in [9.17, 15) is 21.6 Å². The quantitative estimate of drug-likeness (QED) is 0.618. The van der Waals surface area contributed by atoms with E-state index in [0.717, 1.165) is 12.7 Å². The SMILES string of the molecule is COC(=O)CCS(=O)(=O)NCC(c1ccco1)S(=O)(=O)c1ccc(C)cc1. The molecule has 1 heterocycles. The average molecular weight is 415 g/mol. The lowest BCUT2D eigenvalue weighted by Crippen LogP contribution is -2.34. The van der Waals surface area contributed by atoms with E-state index < -0.39 is 43.4 Å². The largest absolute Gasteiger partial charge is 0.469 e. The lowest BCUT2D eigenvalue weighted by Gasteiger charge is -2.17. The van der Waals surface area contributed by atoms with Gasteiger partial charge in [0.1, 0.15) is 11.0 Å². The van der Waals surface area contributed by atoms with E-state index >= 15 is 0 Å². The Balaban J connectivity index is 2.23. The molecular weight excluding hydrogens is 394 g/mol. The molecule has 1 unspecified atom stereocenters. The van der Waals surface area contributed by atoms with Crippen LogP contribution in [0.25, 0.3) is 0 Å². The number of benzene rings is 1. The Hall–Kier alpha value is -2.17. The van der Waals surface area contributed by atoms with Crippen LogP contribution in [0.5, 0.6) is 0 Å². The van der Waals surface area contributed by atoms with Gasteiger partial charge in [0.15, 0.2) is 9.84 Å². The molecule has 1 aromatic carbocycles. The van der Waals surface area contributed by atoms with Crippen molar-refractivity contribution in [2.75, 3.05) is 19.4 Å². The first-order valence-corrected chi connectivity index (χ1v) is 11.2. The predicted octanol–water partition coefficient (Wildman–Crippen LogP) is 1.59. The minimum Gasteiger partial charge on any atom is -0.469 e. The van der Waals surface area contributed by atoms with Gasteiger partial charge in [0.2, 0.25) is 10.0 Å². The summed E-state index contributed by atoms with van der Waals surface area (Å²) in [5, 5.41) is -1.25. The van der Waals surface area contributed by atoms with Crippen LogP contribution in [-0.2, 0) is 29.4 Å². The van der Waals surface area contributed by atoms with Crippen molar-refractivity contribution < 1.29 is 30.8 Å². The number of nitrogens with one attached hydrogen (secondary N) is 1. The lowest BCUT2D eigenvalue weighted by atomic mass is 10.2. The van der Waals surface area contributed by atoms with Gasteiger partial charge in [0.05, 0.1) is 30.4 Å². The highest BCUT2D eigenvalue weighted by Crippen LogP contribution is 2.29. The van der Waals surface area contributed by atoms with E-state index in [1.54, 1.807) is 12.1 Å². The highest BCUT2D eigenvalue weighted by Gasteiger charge is 2.32. The Kier molecular flexibility index (Phi) is 6.79. The predicted molar refractivity (Wildman–Crippen MR) is 98.2 cm³/mol. The zero-order valence-corrected chi connectivity index (χ0v) is 16.5. The highest BCUT2D eigenvalue weighted by molar-refractivity contribution is 7.92. The molecule has 0 fully saturated rings. The second-order valence-corrected chi connectivity index (χ2v) is 9.91. The van der Waals surface area contributed by atoms with Crippen LogP contribution in [-0.4, -0.2) is 42.2 Å². The number of sulfone groups is 1. The number of furan rings is 1. The lowest BCUT2D eigenvalue weighted by molar-refractivity contribution is -0.140. The van der Waals surface area contributed by atoms with Crippen LogP contribution in [0.15, 0.2) is 52.0 Å². The zero-order valence-electron chi connectivity index (χ0n) is 14.9. The van der Waals surface area contributed by atoms with E-state index in [-0.39, 0.29) is 17.1 Å². The Morgan fingerprint density at radius 1 is 1.15 bits per heavy atom. The molecule has 0 saturated heterocycles. The molecule has 0 aliphatic rings. The Labute approximate surface area is 158 Å². The maximum atomic E-state index is 13.0. The van der Waals surface area contributed by atoms with Crippen LogP contribution < -0.4 is 4.72 Å². The van der Waals surface area contributed by atoms with Gasteiger partial charge in [-0.3, -0.25) is 4.79 Å². The molecule has 0 amide bonds. The molecule has 0 radical (unpaired) electrons. The molecule has 0 aliphatic heterocycles. The Morgan fingerprint density at radius 2 is 1.81 bits per heavy atom. The monoisotopic (exact) mass is 415 g/mol. The Morgan fingerprint density at radius 3 is 2.37 bits per heavy atom. The third-order valence-corrected chi connectivity index (χ3v) is 7.30. The first-order chi connectivity index (χ1) is 12.7. The number of carbonyl (C=O) groups is 1. The molecule has 1 aromatic heterocycles. The van der Waals surface area contributed by atoms with Gasteiger partial charge in [-0.15, -0.1) is 0 Å². The minimum absolute atomic E-state index is 0.0586. The first-order valence-electron chi connectivity index (χ1n) is 8.04. The fraction of sp³-hybridized carbons (Fsp3) is 0.353. The summed E-state index contributed by atoms with van der Waals surface area (Å²) in [5.74, 6) is -1.06. The molecule has 10 heteroatoms. The van der Waals surface area contributed by atoms with E-state index in [1.807, 2.05) is 6.92 Å². The van der Waals surface area contributed by atoms with Crippen molar-refractivity contribution in [3.63, 3.8) is 0 Å². The number of esters is 1. The van der Waals surface area contributed by atoms with Crippen molar-refractivity contribution in [3.05, 3.63) is 54.0 Å². The number of rotatable bonds is 9. The second-order valence-electron chi connectivity index (χ2n) is 5.86. The standard InChI is InChI=1S/C17H21NO7S2/c1-13-5-7-14(8-6-13)27(22,23)16(15-4-3-10-25-15)12-18-26(20,21)11-9-17(19)24-2/h3-8,10,16,18H,9,11-12H2,1-2H3. The molecule has 1 atom stereocenters. The van der Waals surface area contributed by atoms with Crippen molar-refractivity contribution >= 4 is 25.8 Å². The number of hydrogen-bond donors (Lipinski definition) is 1. The van der Waals surface area contributed by atoms with Gasteiger partial charge >= 0.3 is 5.97 Å². The first kappa shape index (κ1) is 21.1. The third-order valence-electron chi connectivity index (χ3n) is 3.88. The summed E-state index contributed by atoms with van der Waals surface area (Å²) in [4.78, 5) is 11.2. The molecule has 2 rings (SSSR count). The van der Waals surface area contributed by atoms with Gasteiger partial charge in [0.25, 0.3) is 0 Å². The van der Waals surface area contributed by atoms with Gasteiger partial charge in [-0.05, 0) is 31.2 Å². The molecule has 0 spiro atoms. The van der Waals surface area contributed by atoms with Crippen LogP contribution in [0.4, 0.5) is 0 Å². The van der Waals surface area contributed by atoms with E-state index in [0.29, 0.717) is 0 Å². The van der Waals surface area contributed by atoms with Crippen molar-refractivity contribution in [1.82, 2.24) is 4.72 Å². The zero-order chi connectivity index (χ0) is 20.1. The molecule has 8 nitrogen and oxygen atoms in total. The van der Waals surface area contributed by atoms with E-state index in [2.05, 4.69) is 9.46 Å². The molecule has 0 saturated carbocycles. The second kappa shape index (κ2) is 8.68. The smallest absolute Gasteiger partial charge is 0.306 e. The number of carbonyl (C=O) groups excluding carboxylic acids is 1. The molecular formula is C17H21NO7S2. The van der Waals surface area contributed by atoms with Crippen LogP contribution in [0.1, 0.15) is 23.0 Å². The van der Waals surface area contributed by atoms with Crippen molar-refractivity contribution in [1.29, 1.82) is 0 Å². The van der Waals surface area contributed by atoms with Gasteiger partial charge < -0.3 is 9.15 Å². The molecule has 1 N–H and O–H groups in total. The van der Waals surface area contributed by atoms with Gasteiger partial charge in [-0.25, -0.2) is 21.6 Å². The van der Waals surface area contributed by atoms with Crippen molar-refractivity contribution in [2.45, 2.75) is 23.5 Å². The van der Waals surface area contributed by atoms with Gasteiger partial charge in [-0.1, -0.05) is 17.7 Å². The Bertz CT molecular complexity index is 963. The van der Waals surface area contributed by atoms with E-state index in [1.165, 1.54) is 30.5 Å². The van der Waals surface area contributed by atoms with Crippen molar-refractivity contribution in [3.8, 4) is 0 Å². The average Bonchev–Trinajstić information content (AvgIpc) is 3.14. The molecule has 27 heavy (non-hydrogen) atoms. The summed E-state index contributed by atoms with van der Waals surface area (Å²) in [6, 6.07) is 9.25. The topological polar surface area (TPSA) is 120 Å². The normalized spacial score (nSPS) is 13.3. The number of methoxy groups -OCH3 is 1. The molecule has 2 aromatic rings. The fourth-order valence-corrected chi connectivity index (χ4v) is 5.02. The summed E-state index contributed by atoms with van der Waals surface area (Å²) in [5.41, 5.74) is 0.895. The highest BCUT2D eigenvalue weighted by atomic mass is 32.2. The number of ether oxygens (including phenoxy) is 1. The maximum Gasteiger partial charge on any atom is 0.306 e. The van der Waals surface area contributed by atoms with Gasteiger partial charge in [0, 0.05) is 6.54 Å². The molecule has 148 valence electrons. The van der Waals surface area contributed by atoms with E-state index in [4.69, 9.17) is 4.42 Å². The summed E-state index contributed by atoms with van der Waals surface area (Å²) >= 11 is 0. The summed E-state index contributed by atoms with van der Waals surface area (Å²) in [6.45, 7) is 1.41. The number of aryl methyl sites for hydroxylation is 1. The summed E-state index contributed by atoms with van der Waals surface area (Å²) < 4.78 is 62.1. The van der Waals surface area contributed by atoms with Crippen LogP contribution in [0.3, 0.4) is 0 Å². The number of sulfonamides is 1. The minimum atomic E-state index is -3.91. The third kappa shape index (κ3) is 5.65. The number of hydrogen-bond acceptors (Lipinski definition) is 7. The fourth-order valence-electron chi connectivity index (χ4n) is 2.32. The molecule has 0 bridgehead atoms. The molecule has 0 aliphatic carbocycles. The van der Waals surface area contributed by atoms with Crippen molar-refractivity contribution in [2.24, 2.45) is 0 Å². The summed E-state index contributed by atoms with van der Waals surface area (Å²) in [7, 11) is -6.63. The summed E-state index contributed by atoms with van der Waals surface area (Å²) in [6.07, 6.45) is 0.987. The maximum absolute atomic E-state index is 13.0. The van der Waals surface area contributed by atoms with Crippen LogP contribution in [0.2, 0.25) is 0 Å². The van der Waals surface area contributed by atoms with Crippen LogP contribution >= 0.6 is 0 Å². The van der Waals surface area contributed by atoms with Gasteiger partial charge in [-0.2, -0.15) is 0 Å².